The minimum Gasteiger partial charge on any atom is -0.493 e. The molecule has 4 rings (SSSR count). The van der Waals surface area contributed by atoms with Crippen LogP contribution in [0, 0.1) is 0 Å². The first-order valence-corrected chi connectivity index (χ1v) is 13.5. The van der Waals surface area contributed by atoms with E-state index in [9.17, 15) is 4.79 Å². The van der Waals surface area contributed by atoms with Crippen LogP contribution in [0.4, 0.5) is 10.5 Å². The van der Waals surface area contributed by atoms with Crippen LogP contribution >= 0.6 is 0 Å². The predicted octanol–water partition coefficient (Wildman–Crippen LogP) is 5.57. The summed E-state index contributed by atoms with van der Waals surface area (Å²) in [5.74, 6) is 1.57. The molecule has 202 valence electrons. The lowest BCUT2D eigenvalue weighted by Gasteiger charge is -2.44. The lowest BCUT2D eigenvalue weighted by atomic mass is 10.1. The van der Waals surface area contributed by atoms with Gasteiger partial charge in [0.25, 0.3) is 0 Å². The number of hydrogen-bond donors (Lipinski definition) is 0. The molecule has 2 aromatic rings. The van der Waals surface area contributed by atoms with E-state index in [1.807, 2.05) is 37.8 Å². The fourth-order valence-corrected chi connectivity index (χ4v) is 5.27. The van der Waals surface area contributed by atoms with Crippen molar-refractivity contribution in [1.29, 1.82) is 0 Å². The molecule has 1 aliphatic heterocycles. The van der Waals surface area contributed by atoms with Crippen LogP contribution < -0.4 is 14.4 Å². The van der Waals surface area contributed by atoms with Gasteiger partial charge in [-0.25, -0.2) is 4.79 Å². The van der Waals surface area contributed by atoms with Gasteiger partial charge in [0, 0.05) is 44.5 Å². The number of carbonyl (C=O) groups excluding carboxylic acids is 1. The number of ether oxygens (including phenoxy) is 3. The molecule has 0 N–H and O–H groups in total. The summed E-state index contributed by atoms with van der Waals surface area (Å²) in [4.78, 5) is 19.7. The maximum absolute atomic E-state index is 13.2. The SMILES string of the molecule is COc1ccc(N2CCN(C(=O)OC(C)(C)C)[C@@H](CN(C)Cc3ccccc3)C2)cc1OC1CCCC1. The van der Waals surface area contributed by atoms with Crippen LogP contribution in [-0.4, -0.2) is 74.0 Å². The molecule has 0 radical (unpaired) electrons. The van der Waals surface area contributed by atoms with E-state index in [2.05, 4.69) is 53.2 Å². The predicted molar refractivity (Wildman–Crippen MR) is 148 cm³/mol. The van der Waals surface area contributed by atoms with Gasteiger partial charge in [0.1, 0.15) is 5.60 Å². The molecule has 2 aliphatic rings. The molecule has 1 saturated heterocycles. The van der Waals surface area contributed by atoms with E-state index in [-0.39, 0.29) is 18.2 Å². The monoisotopic (exact) mass is 509 g/mol. The molecule has 1 aliphatic carbocycles. The average Bonchev–Trinajstić information content (AvgIpc) is 3.36. The Balaban J connectivity index is 1.51. The smallest absolute Gasteiger partial charge is 0.410 e. The molecule has 1 saturated carbocycles. The summed E-state index contributed by atoms with van der Waals surface area (Å²) in [5.41, 5.74) is 1.82. The fourth-order valence-electron chi connectivity index (χ4n) is 5.27. The zero-order valence-electron chi connectivity index (χ0n) is 23.1. The topological polar surface area (TPSA) is 54.5 Å². The maximum atomic E-state index is 13.2. The standard InChI is InChI=1S/C30H43N3O4/c1-30(2,3)37-29(34)33-18-17-32(22-25(33)21-31(4)20-23-11-7-6-8-12-23)24-15-16-27(35-5)28(19-24)36-26-13-9-10-14-26/h6-8,11-12,15-16,19,25-26H,9-10,13-14,17-18,20-22H2,1-5H3/t25-/m0/s1. The van der Waals surface area contributed by atoms with Crippen LogP contribution in [0.3, 0.4) is 0 Å². The lowest BCUT2D eigenvalue weighted by Crippen LogP contribution is -2.59. The normalized spacial score (nSPS) is 18.8. The van der Waals surface area contributed by atoms with E-state index in [1.165, 1.54) is 18.4 Å². The van der Waals surface area contributed by atoms with E-state index in [1.54, 1.807) is 7.11 Å². The molecule has 1 heterocycles. The zero-order valence-corrected chi connectivity index (χ0v) is 23.1. The highest BCUT2D eigenvalue weighted by molar-refractivity contribution is 5.69. The van der Waals surface area contributed by atoms with Crippen LogP contribution in [0.1, 0.15) is 52.0 Å². The number of hydrogen-bond acceptors (Lipinski definition) is 6. The van der Waals surface area contributed by atoms with E-state index in [0.29, 0.717) is 13.1 Å². The number of piperazine rings is 1. The van der Waals surface area contributed by atoms with Gasteiger partial charge in [-0.15, -0.1) is 0 Å². The molecular formula is C30H43N3O4. The van der Waals surface area contributed by atoms with Crippen LogP contribution in [0.15, 0.2) is 48.5 Å². The lowest BCUT2D eigenvalue weighted by molar-refractivity contribution is 0.0105. The van der Waals surface area contributed by atoms with Gasteiger partial charge in [0.05, 0.1) is 19.3 Å². The number of likely N-dealkylation sites (N-methyl/N-ethyl adjacent to an activating group) is 1. The van der Waals surface area contributed by atoms with Crippen molar-refractivity contribution in [2.24, 2.45) is 0 Å². The first-order chi connectivity index (χ1) is 17.7. The number of benzene rings is 2. The van der Waals surface area contributed by atoms with Crippen LogP contribution in [0.5, 0.6) is 11.5 Å². The van der Waals surface area contributed by atoms with Gasteiger partial charge in [-0.1, -0.05) is 30.3 Å². The Morgan fingerprint density at radius 3 is 2.43 bits per heavy atom. The number of carbonyl (C=O) groups is 1. The van der Waals surface area contributed by atoms with Gasteiger partial charge in [-0.2, -0.15) is 0 Å². The number of amides is 1. The van der Waals surface area contributed by atoms with Gasteiger partial charge >= 0.3 is 6.09 Å². The summed E-state index contributed by atoms with van der Waals surface area (Å²) in [6.45, 7) is 9.36. The van der Waals surface area contributed by atoms with E-state index >= 15 is 0 Å². The largest absolute Gasteiger partial charge is 0.493 e. The van der Waals surface area contributed by atoms with E-state index in [0.717, 1.165) is 49.7 Å². The van der Waals surface area contributed by atoms with Crippen molar-refractivity contribution < 1.29 is 19.0 Å². The zero-order chi connectivity index (χ0) is 26.4. The van der Waals surface area contributed by atoms with Gasteiger partial charge in [0.2, 0.25) is 0 Å². The molecule has 37 heavy (non-hydrogen) atoms. The highest BCUT2D eigenvalue weighted by Gasteiger charge is 2.34. The maximum Gasteiger partial charge on any atom is 0.410 e. The number of rotatable bonds is 8. The second-order valence-corrected chi connectivity index (χ2v) is 11.3. The third-order valence-corrected chi connectivity index (χ3v) is 7.04. The second-order valence-electron chi connectivity index (χ2n) is 11.3. The minimum absolute atomic E-state index is 0.0152. The van der Waals surface area contributed by atoms with Crippen LogP contribution in [-0.2, 0) is 11.3 Å². The third-order valence-electron chi connectivity index (χ3n) is 7.04. The van der Waals surface area contributed by atoms with Crippen molar-refractivity contribution >= 4 is 11.8 Å². The summed E-state index contributed by atoms with van der Waals surface area (Å²) < 4.78 is 17.7. The Kier molecular flexibility index (Phi) is 8.85. The van der Waals surface area contributed by atoms with Gasteiger partial charge < -0.3 is 24.0 Å². The summed E-state index contributed by atoms with van der Waals surface area (Å²) in [7, 11) is 3.80. The second kappa shape index (κ2) is 12.1. The Hall–Kier alpha value is -2.93. The van der Waals surface area contributed by atoms with Crippen LogP contribution in [0.2, 0.25) is 0 Å². The highest BCUT2D eigenvalue weighted by atomic mass is 16.6. The van der Waals surface area contributed by atoms with Crippen molar-refractivity contribution in [3.63, 3.8) is 0 Å². The van der Waals surface area contributed by atoms with E-state index in [4.69, 9.17) is 14.2 Å². The molecule has 0 unspecified atom stereocenters. The molecule has 7 nitrogen and oxygen atoms in total. The summed E-state index contributed by atoms with van der Waals surface area (Å²) in [5, 5.41) is 0. The van der Waals surface area contributed by atoms with Crippen molar-refractivity contribution in [1.82, 2.24) is 9.80 Å². The Labute approximate surface area is 222 Å². The quantitative estimate of drug-likeness (QED) is 0.463. The van der Waals surface area contributed by atoms with Crippen molar-refractivity contribution in [3.05, 3.63) is 54.1 Å². The highest BCUT2D eigenvalue weighted by Crippen LogP contribution is 2.35. The van der Waals surface area contributed by atoms with Crippen molar-refractivity contribution in [3.8, 4) is 11.5 Å². The molecular weight excluding hydrogens is 466 g/mol. The van der Waals surface area contributed by atoms with E-state index < -0.39 is 5.60 Å². The molecule has 2 fully saturated rings. The summed E-state index contributed by atoms with van der Waals surface area (Å²) in [6, 6.07) is 16.6. The Morgan fingerprint density at radius 1 is 1.03 bits per heavy atom. The number of anilines is 1. The summed E-state index contributed by atoms with van der Waals surface area (Å²) >= 11 is 0. The molecule has 1 atom stereocenters. The van der Waals surface area contributed by atoms with Crippen molar-refractivity contribution in [2.75, 3.05) is 45.2 Å². The van der Waals surface area contributed by atoms with Gasteiger partial charge in [-0.3, -0.25) is 4.90 Å². The molecule has 0 aromatic heterocycles. The first kappa shape index (κ1) is 27.1. The van der Waals surface area contributed by atoms with Crippen LogP contribution in [0.25, 0.3) is 0 Å². The van der Waals surface area contributed by atoms with Gasteiger partial charge in [0.15, 0.2) is 11.5 Å². The Bertz CT molecular complexity index is 1020. The Morgan fingerprint density at radius 2 is 1.76 bits per heavy atom. The van der Waals surface area contributed by atoms with Crippen molar-refractivity contribution in [2.45, 2.75) is 70.7 Å². The average molecular weight is 510 g/mol. The molecule has 7 heteroatoms. The summed E-state index contributed by atoms with van der Waals surface area (Å²) in [6.07, 6.45) is 4.64. The molecule has 2 aromatic carbocycles. The fraction of sp³-hybridized carbons (Fsp3) is 0.567. The first-order valence-electron chi connectivity index (χ1n) is 13.5. The third kappa shape index (κ3) is 7.54. The number of methoxy groups -OCH3 is 1. The molecule has 1 amide bonds. The minimum atomic E-state index is -0.531. The molecule has 0 bridgehead atoms. The molecule has 0 spiro atoms. The number of nitrogens with zero attached hydrogens (tertiary/aromatic N) is 3. The van der Waals surface area contributed by atoms with Gasteiger partial charge in [-0.05, 0) is 71.2 Å².